The summed E-state index contributed by atoms with van der Waals surface area (Å²) in [6.45, 7) is 4.22. The average Bonchev–Trinajstić information content (AvgIpc) is 2.96. The Labute approximate surface area is 126 Å². The molecule has 1 aliphatic rings. The lowest BCUT2D eigenvalue weighted by Crippen LogP contribution is -2.10. The van der Waals surface area contributed by atoms with Gasteiger partial charge in [0.25, 0.3) is 0 Å². The standard InChI is InChI=1S/C19H22O2/c1-15-6-5-9-19(13-15)21-14-18(20)11-10-16(2)12-17-7-3-4-8-17/h3-7,9-10,13H,8,11-12,14H2,1-2H3/b16-10+. The summed E-state index contributed by atoms with van der Waals surface area (Å²) < 4.78 is 5.51. The predicted molar refractivity (Wildman–Crippen MR) is 86.5 cm³/mol. The third-order valence-corrected chi connectivity index (χ3v) is 3.42. The summed E-state index contributed by atoms with van der Waals surface area (Å²) in [4.78, 5) is 11.8. The number of carbonyl (C=O) groups is 1. The largest absolute Gasteiger partial charge is 0.486 e. The molecule has 0 bridgehead atoms. The van der Waals surface area contributed by atoms with E-state index in [9.17, 15) is 4.79 Å². The number of rotatable bonds is 7. The SMILES string of the molecule is C/C(=C\CC(=O)COc1cccc(C)c1)CC1=CC=CC1. The van der Waals surface area contributed by atoms with Gasteiger partial charge in [-0.2, -0.15) is 0 Å². The number of hydrogen-bond acceptors (Lipinski definition) is 2. The van der Waals surface area contributed by atoms with Crippen LogP contribution >= 0.6 is 0 Å². The molecule has 0 saturated heterocycles. The Morgan fingerprint density at radius 1 is 1.38 bits per heavy atom. The van der Waals surface area contributed by atoms with Gasteiger partial charge in [-0.25, -0.2) is 0 Å². The van der Waals surface area contributed by atoms with E-state index in [0.29, 0.717) is 6.42 Å². The number of Topliss-reactive ketones (excluding diaryl/α,β-unsaturated/α-hetero) is 1. The second-order valence-electron chi connectivity index (χ2n) is 5.53. The predicted octanol–water partition coefficient (Wildman–Crippen LogP) is 4.56. The smallest absolute Gasteiger partial charge is 0.173 e. The van der Waals surface area contributed by atoms with Crippen molar-refractivity contribution in [3.05, 3.63) is 65.3 Å². The van der Waals surface area contributed by atoms with Crippen LogP contribution in [0, 0.1) is 6.92 Å². The molecular weight excluding hydrogens is 260 g/mol. The molecule has 0 fully saturated rings. The summed E-state index contributed by atoms with van der Waals surface area (Å²) in [6, 6.07) is 7.75. The first-order chi connectivity index (χ1) is 10.1. The molecule has 2 nitrogen and oxygen atoms in total. The summed E-state index contributed by atoms with van der Waals surface area (Å²) in [5.74, 6) is 0.862. The summed E-state index contributed by atoms with van der Waals surface area (Å²) in [5.41, 5.74) is 3.79. The second kappa shape index (κ2) is 7.63. The Balaban J connectivity index is 1.74. The van der Waals surface area contributed by atoms with Crippen molar-refractivity contribution in [1.29, 1.82) is 0 Å². The number of ketones is 1. The Kier molecular flexibility index (Phi) is 5.56. The van der Waals surface area contributed by atoms with Gasteiger partial charge in [-0.15, -0.1) is 0 Å². The fourth-order valence-corrected chi connectivity index (χ4v) is 2.27. The van der Waals surface area contributed by atoms with Gasteiger partial charge in [0.2, 0.25) is 0 Å². The van der Waals surface area contributed by atoms with Gasteiger partial charge in [-0.05, 0) is 44.4 Å². The van der Waals surface area contributed by atoms with Crippen molar-refractivity contribution < 1.29 is 9.53 Å². The molecule has 2 heteroatoms. The van der Waals surface area contributed by atoms with E-state index in [-0.39, 0.29) is 12.4 Å². The van der Waals surface area contributed by atoms with E-state index >= 15 is 0 Å². The van der Waals surface area contributed by atoms with Crippen molar-refractivity contribution in [2.75, 3.05) is 6.61 Å². The van der Waals surface area contributed by atoms with Crippen LogP contribution in [0.4, 0.5) is 0 Å². The minimum absolute atomic E-state index is 0.106. The molecule has 0 unspecified atom stereocenters. The van der Waals surface area contributed by atoms with E-state index < -0.39 is 0 Å². The van der Waals surface area contributed by atoms with Gasteiger partial charge in [-0.3, -0.25) is 4.79 Å². The Morgan fingerprint density at radius 2 is 2.24 bits per heavy atom. The Morgan fingerprint density at radius 3 is 2.95 bits per heavy atom. The van der Waals surface area contributed by atoms with Crippen LogP contribution < -0.4 is 4.74 Å². The first-order valence-electron chi connectivity index (χ1n) is 7.35. The van der Waals surface area contributed by atoms with Crippen LogP contribution in [-0.4, -0.2) is 12.4 Å². The zero-order valence-electron chi connectivity index (χ0n) is 12.8. The molecule has 1 aromatic rings. The van der Waals surface area contributed by atoms with E-state index in [1.165, 1.54) is 11.1 Å². The minimum atomic E-state index is 0.106. The van der Waals surface area contributed by atoms with Crippen LogP contribution in [-0.2, 0) is 4.79 Å². The molecule has 1 aromatic carbocycles. The van der Waals surface area contributed by atoms with Gasteiger partial charge >= 0.3 is 0 Å². The fourth-order valence-electron chi connectivity index (χ4n) is 2.27. The van der Waals surface area contributed by atoms with E-state index in [4.69, 9.17) is 4.74 Å². The van der Waals surface area contributed by atoms with Crippen LogP contribution in [0.5, 0.6) is 5.75 Å². The van der Waals surface area contributed by atoms with Crippen molar-refractivity contribution in [2.24, 2.45) is 0 Å². The number of allylic oxidation sites excluding steroid dienone is 6. The highest BCUT2D eigenvalue weighted by atomic mass is 16.5. The molecule has 2 rings (SSSR count). The van der Waals surface area contributed by atoms with Gasteiger partial charge in [0, 0.05) is 6.42 Å². The third-order valence-electron chi connectivity index (χ3n) is 3.42. The second-order valence-corrected chi connectivity index (χ2v) is 5.53. The molecule has 0 N–H and O–H groups in total. The zero-order valence-corrected chi connectivity index (χ0v) is 12.8. The normalized spacial score (nSPS) is 14.2. The molecule has 0 heterocycles. The van der Waals surface area contributed by atoms with Gasteiger partial charge < -0.3 is 4.74 Å². The number of aryl methyl sites for hydroxylation is 1. The zero-order chi connectivity index (χ0) is 15.1. The molecular formula is C19H22O2. The molecule has 0 spiro atoms. The molecule has 0 amide bonds. The van der Waals surface area contributed by atoms with Crippen molar-refractivity contribution >= 4 is 5.78 Å². The monoisotopic (exact) mass is 282 g/mol. The quantitative estimate of drug-likeness (QED) is 0.685. The molecule has 0 saturated carbocycles. The van der Waals surface area contributed by atoms with Crippen LogP contribution in [0.1, 0.15) is 31.7 Å². The minimum Gasteiger partial charge on any atom is -0.486 e. The number of ether oxygens (including phenoxy) is 1. The summed E-state index contributed by atoms with van der Waals surface area (Å²) >= 11 is 0. The number of hydrogen-bond donors (Lipinski definition) is 0. The summed E-state index contributed by atoms with van der Waals surface area (Å²) in [6.07, 6.45) is 10.8. The molecule has 1 aliphatic carbocycles. The first-order valence-corrected chi connectivity index (χ1v) is 7.35. The van der Waals surface area contributed by atoms with Crippen LogP contribution in [0.2, 0.25) is 0 Å². The Bertz CT molecular complexity index is 591. The molecule has 0 aliphatic heterocycles. The van der Waals surface area contributed by atoms with Crippen molar-refractivity contribution in [2.45, 2.75) is 33.1 Å². The molecule has 0 aromatic heterocycles. The van der Waals surface area contributed by atoms with Gasteiger partial charge in [0.05, 0.1) is 0 Å². The lowest BCUT2D eigenvalue weighted by atomic mass is 10.0. The van der Waals surface area contributed by atoms with E-state index in [1.807, 2.05) is 37.3 Å². The van der Waals surface area contributed by atoms with Crippen LogP contribution in [0.25, 0.3) is 0 Å². The van der Waals surface area contributed by atoms with E-state index in [2.05, 4.69) is 25.2 Å². The highest BCUT2D eigenvalue weighted by Gasteiger charge is 2.04. The molecule has 21 heavy (non-hydrogen) atoms. The van der Waals surface area contributed by atoms with Gasteiger partial charge in [0.15, 0.2) is 5.78 Å². The summed E-state index contributed by atoms with van der Waals surface area (Å²) in [5, 5.41) is 0. The van der Waals surface area contributed by atoms with Crippen molar-refractivity contribution in [3.63, 3.8) is 0 Å². The molecule has 110 valence electrons. The maximum atomic E-state index is 11.8. The fraction of sp³-hybridized carbons (Fsp3) is 0.316. The topological polar surface area (TPSA) is 26.3 Å². The van der Waals surface area contributed by atoms with Gasteiger partial charge in [-0.1, -0.05) is 47.6 Å². The average molecular weight is 282 g/mol. The van der Waals surface area contributed by atoms with Crippen molar-refractivity contribution in [1.82, 2.24) is 0 Å². The highest BCUT2D eigenvalue weighted by molar-refractivity contribution is 5.81. The number of carbonyl (C=O) groups excluding carboxylic acids is 1. The maximum absolute atomic E-state index is 11.8. The maximum Gasteiger partial charge on any atom is 0.173 e. The summed E-state index contributed by atoms with van der Waals surface area (Å²) in [7, 11) is 0. The molecule has 0 atom stereocenters. The third kappa shape index (κ3) is 5.42. The highest BCUT2D eigenvalue weighted by Crippen LogP contribution is 2.19. The Hall–Kier alpha value is -2.09. The van der Waals surface area contributed by atoms with Gasteiger partial charge in [0.1, 0.15) is 12.4 Å². The number of benzene rings is 1. The lowest BCUT2D eigenvalue weighted by molar-refractivity contribution is -0.120. The van der Waals surface area contributed by atoms with E-state index in [1.54, 1.807) is 0 Å². The van der Waals surface area contributed by atoms with Crippen LogP contribution in [0.3, 0.4) is 0 Å². The first kappa shape index (κ1) is 15.3. The molecule has 0 radical (unpaired) electrons. The van der Waals surface area contributed by atoms with Crippen LogP contribution in [0.15, 0.2) is 59.7 Å². The lowest BCUT2D eigenvalue weighted by Gasteiger charge is -2.06. The van der Waals surface area contributed by atoms with E-state index in [0.717, 1.165) is 24.2 Å². The van der Waals surface area contributed by atoms with Crippen molar-refractivity contribution in [3.8, 4) is 5.75 Å².